The number of rotatable bonds is 5. The van der Waals surface area contributed by atoms with Gasteiger partial charge in [-0.3, -0.25) is 4.79 Å². The summed E-state index contributed by atoms with van der Waals surface area (Å²) in [6, 6.07) is 7.62. The maximum atomic E-state index is 12.3. The number of amides is 1. The van der Waals surface area contributed by atoms with E-state index in [2.05, 4.69) is 20.2 Å². The second-order valence-electron chi connectivity index (χ2n) is 7.56. The van der Waals surface area contributed by atoms with Crippen LogP contribution < -0.4 is 10.2 Å². The van der Waals surface area contributed by atoms with E-state index < -0.39 is 5.79 Å². The predicted octanol–water partition coefficient (Wildman–Crippen LogP) is 3.82. The number of carbonyl (C=O) groups excluding carboxylic acids is 1. The monoisotopic (exact) mass is 448 g/mol. The number of aromatic nitrogens is 2. The van der Waals surface area contributed by atoms with E-state index in [-0.39, 0.29) is 11.7 Å². The van der Waals surface area contributed by atoms with Gasteiger partial charge in [0.05, 0.1) is 19.0 Å². The SMILES string of the molecule is Cc1ccc(NC(=O)CSc2nc(Cl)cc(N3CCC4(CC3)OCCO4)n2)cc1C. The molecule has 7 nitrogen and oxygen atoms in total. The predicted molar refractivity (Wildman–Crippen MR) is 118 cm³/mol. The van der Waals surface area contributed by atoms with Crippen molar-refractivity contribution in [3.05, 3.63) is 40.5 Å². The van der Waals surface area contributed by atoms with E-state index >= 15 is 0 Å². The van der Waals surface area contributed by atoms with Crippen molar-refractivity contribution in [2.75, 3.05) is 42.3 Å². The fourth-order valence-corrected chi connectivity index (χ4v) is 4.50. The van der Waals surface area contributed by atoms with Crippen LogP contribution in [0.25, 0.3) is 0 Å². The van der Waals surface area contributed by atoms with Gasteiger partial charge >= 0.3 is 0 Å². The number of carbonyl (C=O) groups is 1. The molecule has 2 aromatic rings. The first kappa shape index (κ1) is 21.4. The summed E-state index contributed by atoms with van der Waals surface area (Å²) < 4.78 is 11.6. The van der Waals surface area contributed by atoms with Gasteiger partial charge < -0.3 is 19.7 Å². The van der Waals surface area contributed by atoms with Crippen molar-refractivity contribution in [3.8, 4) is 0 Å². The normalized spacial score (nSPS) is 18.0. The summed E-state index contributed by atoms with van der Waals surface area (Å²) in [5.41, 5.74) is 3.12. The first-order chi connectivity index (χ1) is 14.4. The Morgan fingerprint density at radius 2 is 1.90 bits per heavy atom. The van der Waals surface area contributed by atoms with Gasteiger partial charge in [0, 0.05) is 37.7 Å². The zero-order valence-electron chi connectivity index (χ0n) is 17.1. The lowest BCUT2D eigenvalue weighted by Crippen LogP contribution is -2.45. The molecular weight excluding hydrogens is 424 g/mol. The van der Waals surface area contributed by atoms with Crippen molar-refractivity contribution >= 4 is 40.8 Å². The third kappa shape index (κ3) is 5.06. The quantitative estimate of drug-likeness (QED) is 0.423. The van der Waals surface area contributed by atoms with Crippen LogP contribution in [0.5, 0.6) is 0 Å². The van der Waals surface area contributed by atoms with E-state index in [0.717, 1.165) is 43.0 Å². The van der Waals surface area contributed by atoms with E-state index in [9.17, 15) is 4.79 Å². The average molecular weight is 449 g/mol. The van der Waals surface area contributed by atoms with E-state index in [1.54, 1.807) is 6.07 Å². The number of hydrogen-bond donors (Lipinski definition) is 1. The molecule has 1 N–H and O–H groups in total. The smallest absolute Gasteiger partial charge is 0.234 e. The lowest BCUT2D eigenvalue weighted by atomic mass is 10.0. The van der Waals surface area contributed by atoms with Gasteiger partial charge in [0.1, 0.15) is 11.0 Å². The van der Waals surface area contributed by atoms with Gasteiger partial charge in [0.2, 0.25) is 5.91 Å². The van der Waals surface area contributed by atoms with Crippen LogP contribution >= 0.6 is 23.4 Å². The van der Waals surface area contributed by atoms with Gasteiger partial charge in [-0.25, -0.2) is 9.97 Å². The molecule has 9 heteroatoms. The van der Waals surface area contributed by atoms with Crippen LogP contribution in [0.1, 0.15) is 24.0 Å². The molecule has 0 bridgehead atoms. The molecule has 1 aromatic heterocycles. The van der Waals surface area contributed by atoms with Crippen molar-refractivity contribution in [1.82, 2.24) is 9.97 Å². The number of thioether (sulfide) groups is 1. The Kier molecular flexibility index (Phi) is 6.48. The maximum absolute atomic E-state index is 12.3. The number of halogens is 1. The highest BCUT2D eigenvalue weighted by atomic mass is 35.5. The third-order valence-electron chi connectivity index (χ3n) is 5.45. The molecule has 1 aromatic carbocycles. The van der Waals surface area contributed by atoms with Crippen LogP contribution in [0.2, 0.25) is 5.15 Å². The molecule has 2 aliphatic heterocycles. The number of aryl methyl sites for hydroxylation is 2. The summed E-state index contributed by atoms with van der Waals surface area (Å²) in [5.74, 6) is 0.429. The highest BCUT2D eigenvalue weighted by molar-refractivity contribution is 7.99. The minimum absolute atomic E-state index is 0.108. The summed E-state index contributed by atoms with van der Waals surface area (Å²) in [7, 11) is 0. The number of ether oxygens (including phenoxy) is 2. The van der Waals surface area contributed by atoms with Crippen molar-refractivity contribution in [1.29, 1.82) is 0 Å². The Bertz CT molecular complexity index is 926. The first-order valence-electron chi connectivity index (χ1n) is 10.00. The summed E-state index contributed by atoms with van der Waals surface area (Å²) in [5, 5.41) is 3.77. The molecule has 160 valence electrons. The molecule has 3 heterocycles. The second kappa shape index (κ2) is 9.09. The average Bonchev–Trinajstić information content (AvgIpc) is 3.17. The van der Waals surface area contributed by atoms with Crippen molar-refractivity contribution in [2.24, 2.45) is 0 Å². The van der Waals surface area contributed by atoms with Gasteiger partial charge in [0.15, 0.2) is 10.9 Å². The summed E-state index contributed by atoms with van der Waals surface area (Å²) in [6.07, 6.45) is 1.57. The zero-order valence-corrected chi connectivity index (χ0v) is 18.7. The van der Waals surface area contributed by atoms with E-state index in [1.165, 1.54) is 17.3 Å². The van der Waals surface area contributed by atoms with Gasteiger partial charge in [-0.2, -0.15) is 0 Å². The lowest BCUT2D eigenvalue weighted by molar-refractivity contribution is -0.169. The first-order valence-corrected chi connectivity index (χ1v) is 11.4. The van der Waals surface area contributed by atoms with Crippen LogP contribution in [0, 0.1) is 13.8 Å². The fraction of sp³-hybridized carbons (Fsp3) is 0.476. The summed E-state index contributed by atoms with van der Waals surface area (Å²) in [4.78, 5) is 23.4. The molecule has 1 amide bonds. The van der Waals surface area contributed by atoms with E-state index in [4.69, 9.17) is 21.1 Å². The molecule has 0 atom stereocenters. The molecule has 0 saturated carbocycles. The number of nitrogens with one attached hydrogen (secondary N) is 1. The van der Waals surface area contributed by atoms with Gasteiger partial charge in [-0.05, 0) is 37.1 Å². The van der Waals surface area contributed by atoms with Crippen molar-refractivity contribution in [3.63, 3.8) is 0 Å². The molecule has 1 spiro atoms. The maximum Gasteiger partial charge on any atom is 0.234 e. The fourth-order valence-electron chi connectivity index (χ4n) is 3.62. The summed E-state index contributed by atoms with van der Waals surface area (Å²) in [6.45, 7) is 6.92. The van der Waals surface area contributed by atoms with Crippen molar-refractivity contribution < 1.29 is 14.3 Å². The van der Waals surface area contributed by atoms with Gasteiger partial charge in [0.25, 0.3) is 0 Å². The lowest BCUT2D eigenvalue weighted by Gasteiger charge is -2.38. The van der Waals surface area contributed by atoms with E-state index in [1.807, 2.05) is 32.0 Å². The van der Waals surface area contributed by atoms with Crippen molar-refractivity contribution in [2.45, 2.75) is 37.6 Å². The molecule has 4 rings (SSSR count). The number of benzene rings is 1. The molecule has 2 aliphatic rings. The highest BCUT2D eigenvalue weighted by Crippen LogP contribution is 2.33. The van der Waals surface area contributed by atoms with Crippen LogP contribution in [0.4, 0.5) is 11.5 Å². The zero-order chi connectivity index (χ0) is 21.1. The van der Waals surface area contributed by atoms with Crippen LogP contribution in [-0.4, -0.2) is 53.7 Å². The topological polar surface area (TPSA) is 76.6 Å². The molecule has 0 radical (unpaired) electrons. The molecular formula is C21H25ClN4O3S. The molecule has 2 fully saturated rings. The number of nitrogens with zero attached hydrogens (tertiary/aromatic N) is 3. The largest absolute Gasteiger partial charge is 0.356 e. The van der Waals surface area contributed by atoms with Gasteiger partial charge in [-0.1, -0.05) is 29.4 Å². The Hall–Kier alpha value is -1.87. The van der Waals surface area contributed by atoms with Crippen LogP contribution in [0.3, 0.4) is 0 Å². The van der Waals surface area contributed by atoms with Gasteiger partial charge in [-0.15, -0.1) is 0 Å². The van der Waals surface area contributed by atoms with Crippen LogP contribution in [0.15, 0.2) is 29.4 Å². The number of anilines is 2. The second-order valence-corrected chi connectivity index (χ2v) is 8.89. The minimum Gasteiger partial charge on any atom is -0.356 e. The molecule has 30 heavy (non-hydrogen) atoms. The molecule has 0 aliphatic carbocycles. The molecule has 2 saturated heterocycles. The minimum atomic E-state index is -0.433. The standard InChI is InChI=1S/C21H25ClN4O3S/c1-14-3-4-16(11-15(14)2)23-19(27)13-30-20-24-17(22)12-18(25-20)26-7-5-21(6-8-26)28-9-10-29-21/h3-4,11-12H,5-10,13H2,1-2H3,(H,23,27). The number of hydrogen-bond acceptors (Lipinski definition) is 7. The Balaban J connectivity index is 1.35. The van der Waals surface area contributed by atoms with E-state index in [0.29, 0.717) is 23.5 Å². The van der Waals surface area contributed by atoms with Crippen LogP contribution in [-0.2, 0) is 14.3 Å². The highest BCUT2D eigenvalue weighted by Gasteiger charge is 2.40. The Morgan fingerprint density at radius 1 is 1.17 bits per heavy atom. The Morgan fingerprint density at radius 3 is 2.60 bits per heavy atom. The summed E-state index contributed by atoms with van der Waals surface area (Å²) >= 11 is 7.50. The molecule has 0 unspecified atom stereocenters. The third-order valence-corrected chi connectivity index (χ3v) is 6.49. The Labute approximate surface area is 185 Å². The number of piperidine rings is 1.